The van der Waals surface area contributed by atoms with Crippen molar-refractivity contribution in [2.75, 3.05) is 6.54 Å². The molecule has 3 N–H and O–H groups in total. The van der Waals surface area contributed by atoms with Crippen LogP contribution in [0, 0.1) is 5.41 Å². The molecule has 0 saturated heterocycles. The lowest BCUT2D eigenvalue weighted by atomic mass is 9.64. The minimum absolute atomic E-state index is 0.100. The third kappa shape index (κ3) is 2.33. The third-order valence-corrected chi connectivity index (χ3v) is 2.96. The van der Waals surface area contributed by atoms with Gasteiger partial charge in [0.15, 0.2) is 0 Å². The van der Waals surface area contributed by atoms with Crippen molar-refractivity contribution in [1.29, 1.82) is 0 Å². The van der Waals surface area contributed by atoms with Crippen LogP contribution in [-0.2, 0) is 4.79 Å². The topological polar surface area (TPSA) is 69.6 Å². The van der Waals surface area contributed by atoms with E-state index in [-0.39, 0.29) is 17.6 Å². The molecule has 1 rings (SSSR count). The summed E-state index contributed by atoms with van der Waals surface area (Å²) in [5.74, 6) is -0.931. The summed E-state index contributed by atoms with van der Waals surface area (Å²) in [4.78, 5) is 10.2. The van der Waals surface area contributed by atoms with Crippen molar-refractivity contribution in [3.63, 3.8) is 0 Å². The zero-order valence-electron chi connectivity index (χ0n) is 8.53. The zero-order chi connectivity index (χ0) is 10.8. The number of hydrogen-bond donors (Lipinski definition) is 3. The third-order valence-electron chi connectivity index (χ3n) is 2.96. The molecule has 0 radical (unpaired) electrons. The molecule has 0 bridgehead atoms. The van der Waals surface area contributed by atoms with Gasteiger partial charge in [-0.25, -0.2) is 4.79 Å². The quantitative estimate of drug-likeness (QED) is 0.572. The van der Waals surface area contributed by atoms with E-state index in [0.29, 0.717) is 6.54 Å². The smallest absolute Gasteiger partial charge is 0.328 e. The van der Waals surface area contributed by atoms with Crippen molar-refractivity contribution in [2.45, 2.75) is 32.4 Å². The van der Waals surface area contributed by atoms with Gasteiger partial charge in [-0.05, 0) is 6.42 Å². The average molecular weight is 199 g/mol. The fourth-order valence-electron chi connectivity index (χ4n) is 1.62. The van der Waals surface area contributed by atoms with E-state index in [0.717, 1.165) is 12.5 Å². The lowest BCUT2D eigenvalue weighted by Crippen LogP contribution is -2.59. The fourth-order valence-corrected chi connectivity index (χ4v) is 1.62. The molecule has 1 aliphatic rings. The number of rotatable bonds is 4. The Labute approximate surface area is 83.6 Å². The van der Waals surface area contributed by atoms with E-state index in [9.17, 15) is 9.90 Å². The Hall–Kier alpha value is -0.870. The number of nitrogens with one attached hydrogen (secondary N) is 1. The summed E-state index contributed by atoms with van der Waals surface area (Å²) in [5, 5.41) is 21.0. The molecule has 0 aromatic carbocycles. The van der Waals surface area contributed by atoms with Crippen molar-refractivity contribution in [1.82, 2.24) is 5.32 Å². The second-order valence-corrected chi connectivity index (χ2v) is 4.27. The van der Waals surface area contributed by atoms with Crippen LogP contribution in [0.2, 0.25) is 0 Å². The SMILES string of the molecule is CC1(C)C(O)CC1NC/C=C/C(=O)O. The molecule has 80 valence electrons. The summed E-state index contributed by atoms with van der Waals surface area (Å²) in [6.07, 6.45) is 3.19. The molecule has 0 heterocycles. The molecule has 1 aliphatic carbocycles. The van der Waals surface area contributed by atoms with E-state index >= 15 is 0 Å². The van der Waals surface area contributed by atoms with Crippen molar-refractivity contribution in [2.24, 2.45) is 5.41 Å². The minimum Gasteiger partial charge on any atom is -0.478 e. The summed E-state index contributed by atoms with van der Waals surface area (Å²) in [6, 6.07) is 0.274. The lowest BCUT2D eigenvalue weighted by Gasteiger charge is -2.49. The Balaban J connectivity index is 2.24. The van der Waals surface area contributed by atoms with E-state index in [1.165, 1.54) is 0 Å². The van der Waals surface area contributed by atoms with Gasteiger partial charge in [0.2, 0.25) is 0 Å². The van der Waals surface area contributed by atoms with Gasteiger partial charge in [-0.3, -0.25) is 0 Å². The number of aliphatic hydroxyl groups is 1. The van der Waals surface area contributed by atoms with Gasteiger partial charge in [-0.1, -0.05) is 19.9 Å². The highest BCUT2D eigenvalue weighted by Crippen LogP contribution is 2.40. The summed E-state index contributed by atoms with van der Waals surface area (Å²) >= 11 is 0. The first-order chi connectivity index (χ1) is 6.44. The highest BCUT2D eigenvalue weighted by atomic mass is 16.4. The number of carboxylic acids is 1. The van der Waals surface area contributed by atoms with Crippen molar-refractivity contribution >= 4 is 5.97 Å². The number of aliphatic hydroxyl groups excluding tert-OH is 1. The van der Waals surface area contributed by atoms with Gasteiger partial charge in [0.25, 0.3) is 0 Å². The molecule has 4 heteroatoms. The van der Waals surface area contributed by atoms with Crippen LogP contribution in [0.25, 0.3) is 0 Å². The average Bonchev–Trinajstić information content (AvgIpc) is 2.10. The molecule has 2 unspecified atom stereocenters. The fraction of sp³-hybridized carbons (Fsp3) is 0.700. The number of carbonyl (C=O) groups is 1. The molecule has 4 nitrogen and oxygen atoms in total. The van der Waals surface area contributed by atoms with Crippen molar-refractivity contribution in [3.05, 3.63) is 12.2 Å². The van der Waals surface area contributed by atoms with Crippen LogP contribution in [0.4, 0.5) is 0 Å². The van der Waals surface area contributed by atoms with Gasteiger partial charge in [0, 0.05) is 24.1 Å². The predicted molar refractivity (Wildman–Crippen MR) is 53.0 cm³/mol. The summed E-state index contributed by atoms with van der Waals surface area (Å²) in [6.45, 7) is 4.53. The molecular formula is C10H17NO3. The molecule has 0 aliphatic heterocycles. The van der Waals surface area contributed by atoms with Crippen LogP contribution in [0.3, 0.4) is 0 Å². The number of aliphatic carboxylic acids is 1. The normalized spacial score (nSPS) is 30.2. The number of carboxylic acid groups (broad SMARTS) is 1. The molecule has 0 amide bonds. The first-order valence-corrected chi connectivity index (χ1v) is 4.75. The van der Waals surface area contributed by atoms with E-state index in [4.69, 9.17) is 5.11 Å². The van der Waals surface area contributed by atoms with Gasteiger partial charge in [-0.15, -0.1) is 0 Å². The van der Waals surface area contributed by atoms with Crippen LogP contribution >= 0.6 is 0 Å². The van der Waals surface area contributed by atoms with Gasteiger partial charge in [0.05, 0.1) is 6.10 Å². The second kappa shape index (κ2) is 4.11. The molecular weight excluding hydrogens is 182 g/mol. The molecule has 0 spiro atoms. The highest BCUT2D eigenvalue weighted by molar-refractivity contribution is 5.79. The maximum Gasteiger partial charge on any atom is 0.328 e. The van der Waals surface area contributed by atoms with Gasteiger partial charge < -0.3 is 15.5 Å². The maximum absolute atomic E-state index is 10.2. The van der Waals surface area contributed by atoms with Gasteiger partial charge in [0.1, 0.15) is 0 Å². The summed E-state index contributed by atoms with van der Waals surface area (Å²) in [5.41, 5.74) is -0.100. The van der Waals surface area contributed by atoms with Gasteiger partial charge >= 0.3 is 5.97 Å². The Morgan fingerprint density at radius 2 is 2.29 bits per heavy atom. The van der Waals surface area contributed by atoms with E-state index in [1.54, 1.807) is 6.08 Å². The Kier molecular flexibility index (Phi) is 3.29. The lowest BCUT2D eigenvalue weighted by molar-refractivity contribution is -0.131. The zero-order valence-corrected chi connectivity index (χ0v) is 8.53. The molecule has 1 fully saturated rings. The maximum atomic E-state index is 10.2. The standard InChI is InChI=1S/C10H17NO3/c1-10(2)7(6-8(10)12)11-5-3-4-9(13)14/h3-4,7-8,11-12H,5-6H2,1-2H3,(H,13,14)/b4-3+. The summed E-state index contributed by atoms with van der Waals surface area (Å²) in [7, 11) is 0. The van der Waals surface area contributed by atoms with E-state index in [2.05, 4.69) is 5.32 Å². The van der Waals surface area contributed by atoms with Crippen LogP contribution in [0.5, 0.6) is 0 Å². The van der Waals surface area contributed by atoms with Crippen LogP contribution in [-0.4, -0.2) is 34.9 Å². The Morgan fingerprint density at radius 3 is 2.71 bits per heavy atom. The summed E-state index contributed by atoms with van der Waals surface area (Å²) < 4.78 is 0. The van der Waals surface area contributed by atoms with E-state index < -0.39 is 5.97 Å². The second-order valence-electron chi connectivity index (χ2n) is 4.27. The molecule has 14 heavy (non-hydrogen) atoms. The highest BCUT2D eigenvalue weighted by Gasteiger charge is 2.46. The Bertz CT molecular complexity index is 248. The number of hydrogen-bond acceptors (Lipinski definition) is 3. The minimum atomic E-state index is -0.931. The Morgan fingerprint density at radius 1 is 1.64 bits per heavy atom. The first kappa shape index (κ1) is 11.2. The van der Waals surface area contributed by atoms with Crippen molar-refractivity contribution in [3.8, 4) is 0 Å². The largest absolute Gasteiger partial charge is 0.478 e. The van der Waals surface area contributed by atoms with Crippen LogP contribution in [0.1, 0.15) is 20.3 Å². The molecule has 2 atom stereocenters. The van der Waals surface area contributed by atoms with Crippen LogP contribution < -0.4 is 5.32 Å². The van der Waals surface area contributed by atoms with Gasteiger partial charge in [-0.2, -0.15) is 0 Å². The van der Waals surface area contributed by atoms with E-state index in [1.807, 2.05) is 13.8 Å². The molecule has 1 saturated carbocycles. The monoisotopic (exact) mass is 199 g/mol. The molecule has 0 aromatic rings. The van der Waals surface area contributed by atoms with Crippen molar-refractivity contribution < 1.29 is 15.0 Å². The predicted octanol–water partition coefficient (Wildman–Crippen LogP) is 0.376. The molecule has 0 aromatic heterocycles. The van der Waals surface area contributed by atoms with Crippen LogP contribution in [0.15, 0.2) is 12.2 Å². The first-order valence-electron chi connectivity index (χ1n) is 4.75.